The number of benzene rings is 1. The molecule has 0 radical (unpaired) electrons. The predicted octanol–water partition coefficient (Wildman–Crippen LogP) is 3.45. The number of fused-ring (bicyclic) bond motifs is 1. The van der Waals surface area contributed by atoms with Gasteiger partial charge in [-0.1, -0.05) is 25.0 Å². The fraction of sp³-hybridized carbons (Fsp3) is 0.643. The van der Waals surface area contributed by atoms with Crippen molar-refractivity contribution in [3.8, 4) is 0 Å². The van der Waals surface area contributed by atoms with E-state index in [1.807, 2.05) is 12.1 Å². The van der Waals surface area contributed by atoms with E-state index in [4.69, 9.17) is 14.2 Å². The van der Waals surface area contributed by atoms with E-state index in [1.165, 1.54) is 0 Å². The fourth-order valence-corrected chi connectivity index (χ4v) is 4.66. The van der Waals surface area contributed by atoms with Gasteiger partial charge in [0.1, 0.15) is 17.9 Å². The zero-order chi connectivity index (χ0) is 27.7. The molecule has 2 unspecified atom stereocenters. The molecular formula is C28H41N3O7. The van der Waals surface area contributed by atoms with E-state index < -0.39 is 24.0 Å². The molecule has 0 spiro atoms. The van der Waals surface area contributed by atoms with Crippen molar-refractivity contribution >= 4 is 23.8 Å². The van der Waals surface area contributed by atoms with Crippen LogP contribution >= 0.6 is 0 Å². The maximum Gasteiger partial charge on any atom is 0.409 e. The Kier molecular flexibility index (Phi) is 10.7. The van der Waals surface area contributed by atoms with Crippen LogP contribution in [0.25, 0.3) is 0 Å². The Morgan fingerprint density at radius 2 is 1.87 bits per heavy atom. The van der Waals surface area contributed by atoms with E-state index in [9.17, 15) is 19.2 Å². The summed E-state index contributed by atoms with van der Waals surface area (Å²) in [5.41, 5.74) is 2.26. The first-order chi connectivity index (χ1) is 18.0. The van der Waals surface area contributed by atoms with Crippen molar-refractivity contribution in [1.82, 2.24) is 15.5 Å². The SMILES string of the molecule is CC(NC(=O)OC(C)(C)C)OCCOCCCCCCc1cccc2c1CN(C1CCC(=O)NC1=O)C2=O. The van der Waals surface area contributed by atoms with Crippen LogP contribution in [0.2, 0.25) is 0 Å². The number of imide groups is 1. The highest BCUT2D eigenvalue weighted by Gasteiger charge is 2.39. The van der Waals surface area contributed by atoms with Crippen molar-refractivity contribution in [3.63, 3.8) is 0 Å². The van der Waals surface area contributed by atoms with E-state index in [0.29, 0.717) is 38.3 Å². The van der Waals surface area contributed by atoms with Crippen LogP contribution in [0.3, 0.4) is 0 Å². The number of hydrogen-bond acceptors (Lipinski definition) is 7. The molecular weight excluding hydrogens is 490 g/mol. The molecule has 2 aliphatic heterocycles. The van der Waals surface area contributed by atoms with Crippen LogP contribution in [-0.4, -0.2) is 66.4 Å². The molecule has 0 bridgehead atoms. The van der Waals surface area contributed by atoms with Gasteiger partial charge < -0.3 is 19.1 Å². The molecule has 3 rings (SSSR count). The number of piperidine rings is 1. The Balaban J connectivity index is 1.28. The minimum absolute atomic E-state index is 0.132. The molecule has 0 saturated carbocycles. The van der Waals surface area contributed by atoms with Gasteiger partial charge in [-0.2, -0.15) is 0 Å². The number of amides is 4. The van der Waals surface area contributed by atoms with Crippen LogP contribution in [0.15, 0.2) is 18.2 Å². The van der Waals surface area contributed by atoms with Crippen molar-refractivity contribution in [2.75, 3.05) is 19.8 Å². The van der Waals surface area contributed by atoms with Crippen LogP contribution in [0.5, 0.6) is 0 Å². The molecule has 210 valence electrons. The lowest BCUT2D eigenvalue weighted by Crippen LogP contribution is -2.52. The number of unbranched alkanes of at least 4 members (excludes halogenated alkanes) is 3. The molecule has 1 fully saturated rings. The quantitative estimate of drug-likeness (QED) is 0.227. The average Bonchev–Trinajstić information content (AvgIpc) is 3.16. The number of nitrogens with one attached hydrogen (secondary N) is 2. The summed E-state index contributed by atoms with van der Waals surface area (Å²) in [4.78, 5) is 50.0. The first-order valence-corrected chi connectivity index (χ1v) is 13.5. The Morgan fingerprint density at radius 1 is 1.11 bits per heavy atom. The Morgan fingerprint density at radius 3 is 2.61 bits per heavy atom. The van der Waals surface area contributed by atoms with Crippen LogP contribution < -0.4 is 10.6 Å². The molecule has 1 aromatic carbocycles. The van der Waals surface area contributed by atoms with Crippen LogP contribution in [0.1, 0.15) is 87.7 Å². The zero-order valence-corrected chi connectivity index (χ0v) is 23.0. The normalized spacial score (nSPS) is 18.3. The molecule has 1 saturated heterocycles. The van der Waals surface area contributed by atoms with E-state index in [1.54, 1.807) is 32.6 Å². The van der Waals surface area contributed by atoms with Gasteiger partial charge in [0.25, 0.3) is 5.91 Å². The molecule has 4 amide bonds. The molecule has 0 aliphatic carbocycles. The number of alkyl carbamates (subject to hydrolysis) is 1. The van der Waals surface area contributed by atoms with Crippen molar-refractivity contribution in [1.29, 1.82) is 0 Å². The second kappa shape index (κ2) is 13.7. The predicted molar refractivity (Wildman–Crippen MR) is 140 cm³/mol. The standard InChI is InChI=1S/C28H41N3O7/c1-19(29-27(35)38-28(2,3)4)37-17-16-36-15-8-6-5-7-10-20-11-9-12-21-22(20)18-31(26(21)34)23-13-14-24(32)30-25(23)33/h9,11-12,19,23H,5-8,10,13-18H2,1-4H3,(H,29,35)(H,30,32,33). The largest absolute Gasteiger partial charge is 0.444 e. The zero-order valence-electron chi connectivity index (χ0n) is 23.0. The highest BCUT2D eigenvalue weighted by molar-refractivity contribution is 6.05. The molecule has 2 N–H and O–H groups in total. The number of rotatable bonds is 13. The van der Waals surface area contributed by atoms with E-state index >= 15 is 0 Å². The summed E-state index contributed by atoms with van der Waals surface area (Å²) in [6.07, 6.45) is 4.56. The fourth-order valence-electron chi connectivity index (χ4n) is 4.66. The number of ether oxygens (including phenoxy) is 3. The van der Waals surface area contributed by atoms with Crippen LogP contribution in [0, 0.1) is 0 Å². The van der Waals surface area contributed by atoms with E-state index in [2.05, 4.69) is 16.7 Å². The lowest BCUT2D eigenvalue weighted by Gasteiger charge is -2.29. The molecule has 0 aromatic heterocycles. The molecule has 2 aliphatic rings. The van der Waals surface area contributed by atoms with Gasteiger partial charge in [-0.05, 0) is 70.6 Å². The summed E-state index contributed by atoms with van der Waals surface area (Å²) >= 11 is 0. The minimum atomic E-state index is -0.588. The molecule has 38 heavy (non-hydrogen) atoms. The number of nitrogens with zero attached hydrogens (tertiary/aromatic N) is 1. The Bertz CT molecular complexity index is 1000. The summed E-state index contributed by atoms with van der Waals surface area (Å²) in [5.74, 6) is -0.797. The molecule has 2 heterocycles. The molecule has 10 heteroatoms. The summed E-state index contributed by atoms with van der Waals surface area (Å²) in [6, 6.07) is 5.19. The summed E-state index contributed by atoms with van der Waals surface area (Å²) in [6.45, 7) is 9.06. The van der Waals surface area contributed by atoms with Gasteiger partial charge in [0.05, 0.1) is 13.2 Å². The van der Waals surface area contributed by atoms with Crippen molar-refractivity contribution in [2.24, 2.45) is 0 Å². The van der Waals surface area contributed by atoms with Crippen LogP contribution in [0.4, 0.5) is 4.79 Å². The molecule has 10 nitrogen and oxygen atoms in total. The first kappa shape index (κ1) is 29.6. The summed E-state index contributed by atoms with van der Waals surface area (Å²) < 4.78 is 16.3. The summed E-state index contributed by atoms with van der Waals surface area (Å²) in [5, 5.41) is 4.97. The van der Waals surface area contributed by atoms with Gasteiger partial charge in [-0.3, -0.25) is 25.0 Å². The van der Waals surface area contributed by atoms with E-state index in [-0.39, 0.29) is 24.1 Å². The third kappa shape index (κ3) is 8.80. The van der Waals surface area contributed by atoms with Gasteiger partial charge in [0, 0.05) is 25.1 Å². The topological polar surface area (TPSA) is 123 Å². The van der Waals surface area contributed by atoms with Crippen molar-refractivity contribution in [2.45, 2.75) is 97.1 Å². The average molecular weight is 532 g/mol. The Labute approximate surface area is 224 Å². The number of carbonyl (C=O) groups excluding carboxylic acids is 4. The lowest BCUT2D eigenvalue weighted by atomic mass is 9.98. The molecule has 2 atom stereocenters. The number of carbonyl (C=O) groups is 4. The smallest absolute Gasteiger partial charge is 0.409 e. The van der Waals surface area contributed by atoms with Crippen molar-refractivity contribution in [3.05, 3.63) is 34.9 Å². The number of aryl methyl sites for hydroxylation is 1. The minimum Gasteiger partial charge on any atom is -0.444 e. The van der Waals surface area contributed by atoms with Gasteiger partial charge in [-0.25, -0.2) is 4.79 Å². The van der Waals surface area contributed by atoms with Crippen molar-refractivity contribution < 1.29 is 33.4 Å². The van der Waals surface area contributed by atoms with Gasteiger partial charge in [0.2, 0.25) is 11.8 Å². The lowest BCUT2D eigenvalue weighted by molar-refractivity contribution is -0.136. The molecule has 1 aromatic rings. The highest BCUT2D eigenvalue weighted by atomic mass is 16.6. The maximum absolute atomic E-state index is 12.9. The second-order valence-corrected chi connectivity index (χ2v) is 10.8. The van der Waals surface area contributed by atoms with Crippen LogP contribution in [-0.2, 0) is 36.8 Å². The van der Waals surface area contributed by atoms with Gasteiger partial charge in [-0.15, -0.1) is 0 Å². The Hall–Kier alpha value is -2.98. The maximum atomic E-state index is 12.9. The summed E-state index contributed by atoms with van der Waals surface area (Å²) in [7, 11) is 0. The monoisotopic (exact) mass is 531 g/mol. The third-order valence-electron chi connectivity index (χ3n) is 6.48. The van der Waals surface area contributed by atoms with Gasteiger partial charge >= 0.3 is 6.09 Å². The first-order valence-electron chi connectivity index (χ1n) is 13.5. The van der Waals surface area contributed by atoms with E-state index in [0.717, 1.165) is 43.2 Å². The second-order valence-electron chi connectivity index (χ2n) is 10.8. The third-order valence-corrected chi connectivity index (χ3v) is 6.48. The highest BCUT2D eigenvalue weighted by Crippen LogP contribution is 2.30. The number of hydrogen-bond donors (Lipinski definition) is 2. The van der Waals surface area contributed by atoms with Gasteiger partial charge in [0.15, 0.2) is 0 Å².